The number of likely N-dealkylation sites (tertiary alicyclic amines) is 1. The van der Waals surface area contributed by atoms with E-state index in [0.717, 1.165) is 11.1 Å². The molecule has 0 aromatic heterocycles. The predicted molar refractivity (Wildman–Crippen MR) is 125 cm³/mol. The van der Waals surface area contributed by atoms with E-state index in [1.54, 1.807) is 11.8 Å². The Labute approximate surface area is 198 Å². The molecule has 0 saturated carbocycles. The summed E-state index contributed by atoms with van der Waals surface area (Å²) in [5.41, 5.74) is 2.86. The van der Waals surface area contributed by atoms with Crippen LogP contribution in [0, 0.1) is 5.92 Å². The molecule has 2 aliphatic rings. The van der Waals surface area contributed by atoms with Crippen molar-refractivity contribution in [2.24, 2.45) is 5.92 Å². The number of nitrogens with zero attached hydrogens (tertiary/aromatic N) is 1. The Kier molecular flexibility index (Phi) is 6.88. The van der Waals surface area contributed by atoms with Gasteiger partial charge in [-0.25, -0.2) is 9.59 Å². The molecule has 1 unspecified atom stereocenters. The molecule has 2 aromatic carbocycles. The quantitative estimate of drug-likeness (QED) is 0.578. The average molecular weight is 467 g/mol. The summed E-state index contributed by atoms with van der Waals surface area (Å²) in [5, 5.41) is 21.9. The monoisotopic (exact) mass is 466 g/mol. The lowest BCUT2D eigenvalue weighted by molar-refractivity contribution is -0.165. The molecule has 1 atom stereocenters. The lowest BCUT2D eigenvalue weighted by Crippen LogP contribution is -2.51. The zero-order valence-electron chi connectivity index (χ0n) is 19.2. The van der Waals surface area contributed by atoms with Gasteiger partial charge in [0, 0.05) is 44.3 Å². The predicted octanol–water partition coefficient (Wildman–Crippen LogP) is 2.99. The van der Waals surface area contributed by atoms with Crippen LogP contribution in [0.3, 0.4) is 0 Å². The number of alkyl carbamates (subject to hydrolysis) is 1. The van der Waals surface area contributed by atoms with Gasteiger partial charge < -0.3 is 25.2 Å². The molecule has 2 aromatic rings. The van der Waals surface area contributed by atoms with E-state index in [0.29, 0.717) is 6.42 Å². The van der Waals surface area contributed by atoms with E-state index in [1.807, 2.05) is 24.3 Å². The van der Waals surface area contributed by atoms with Crippen molar-refractivity contribution in [2.45, 2.75) is 37.7 Å². The van der Waals surface area contributed by atoms with Crippen molar-refractivity contribution >= 4 is 18.0 Å². The lowest BCUT2D eigenvalue weighted by atomic mass is 9.91. The highest BCUT2D eigenvalue weighted by Gasteiger charge is 2.40. The summed E-state index contributed by atoms with van der Waals surface area (Å²) in [6.45, 7) is 2.70. The smallest absolute Gasteiger partial charge is 0.407 e. The summed E-state index contributed by atoms with van der Waals surface area (Å²) in [6, 6.07) is 16.3. The number of ether oxygens (including phenoxy) is 1. The van der Waals surface area contributed by atoms with Crippen molar-refractivity contribution in [3.05, 3.63) is 59.7 Å². The highest BCUT2D eigenvalue weighted by Crippen LogP contribution is 2.44. The van der Waals surface area contributed by atoms with Crippen LogP contribution in [0.4, 0.5) is 4.79 Å². The van der Waals surface area contributed by atoms with Gasteiger partial charge in [-0.1, -0.05) is 55.5 Å². The van der Waals surface area contributed by atoms with Crippen molar-refractivity contribution < 1.29 is 29.3 Å². The van der Waals surface area contributed by atoms with Gasteiger partial charge in [0.25, 0.3) is 0 Å². The van der Waals surface area contributed by atoms with E-state index in [2.05, 4.69) is 29.6 Å². The Hall–Kier alpha value is -3.39. The normalized spacial score (nSPS) is 17.4. The van der Waals surface area contributed by atoms with E-state index in [1.165, 1.54) is 11.1 Å². The van der Waals surface area contributed by atoms with Gasteiger partial charge >= 0.3 is 12.1 Å². The molecule has 3 N–H and O–H groups in total. The van der Waals surface area contributed by atoms with Crippen LogP contribution in [0.5, 0.6) is 0 Å². The number of aliphatic hydroxyl groups is 1. The molecule has 2 amide bonds. The van der Waals surface area contributed by atoms with E-state index < -0.39 is 17.7 Å². The zero-order valence-corrected chi connectivity index (χ0v) is 19.2. The van der Waals surface area contributed by atoms with E-state index in [9.17, 15) is 19.5 Å². The number of benzene rings is 2. The van der Waals surface area contributed by atoms with Crippen molar-refractivity contribution in [3.8, 4) is 11.1 Å². The molecule has 180 valence electrons. The molecule has 0 spiro atoms. The zero-order chi connectivity index (χ0) is 24.3. The maximum Gasteiger partial charge on any atom is 0.407 e. The van der Waals surface area contributed by atoms with Crippen LogP contribution in [0.15, 0.2) is 48.5 Å². The van der Waals surface area contributed by atoms with Gasteiger partial charge in [-0.3, -0.25) is 4.79 Å². The third-order valence-electron chi connectivity index (χ3n) is 6.91. The average Bonchev–Trinajstić information content (AvgIpc) is 3.16. The molecule has 34 heavy (non-hydrogen) atoms. The maximum atomic E-state index is 12.6. The summed E-state index contributed by atoms with van der Waals surface area (Å²) >= 11 is 0. The van der Waals surface area contributed by atoms with Gasteiger partial charge in [-0.2, -0.15) is 0 Å². The Morgan fingerprint density at radius 2 is 1.62 bits per heavy atom. The van der Waals surface area contributed by atoms with Crippen molar-refractivity contribution in [1.29, 1.82) is 0 Å². The highest BCUT2D eigenvalue weighted by molar-refractivity contribution is 5.81. The molecule has 1 saturated heterocycles. The summed E-state index contributed by atoms with van der Waals surface area (Å²) in [5.74, 6) is -1.71. The Bertz CT molecular complexity index is 1030. The fourth-order valence-electron chi connectivity index (χ4n) is 4.79. The molecular weight excluding hydrogens is 436 g/mol. The first-order valence-corrected chi connectivity index (χ1v) is 11.6. The Morgan fingerprint density at radius 1 is 1.06 bits per heavy atom. The van der Waals surface area contributed by atoms with Gasteiger partial charge in [-0.05, 0) is 28.7 Å². The van der Waals surface area contributed by atoms with E-state index in [4.69, 9.17) is 9.84 Å². The first-order valence-electron chi connectivity index (χ1n) is 11.6. The highest BCUT2D eigenvalue weighted by atomic mass is 16.5. The Morgan fingerprint density at radius 3 is 2.18 bits per heavy atom. The van der Waals surface area contributed by atoms with Gasteiger partial charge in [0.05, 0.1) is 0 Å². The second kappa shape index (κ2) is 9.85. The number of rotatable bonds is 7. The standard InChI is InChI=1S/C26H30N2O6/c1-17(23(29)28-14-11-26(33,12-15-28)24(30)31)10-13-27-25(32)34-16-22-20-8-4-2-6-18(20)19-7-3-5-9-21(19)22/h2-9,17,22,33H,10-16H2,1H3,(H,27,32)(H,30,31). The molecule has 1 aliphatic carbocycles. The molecule has 1 fully saturated rings. The number of carbonyl (C=O) groups excluding carboxylic acids is 2. The molecule has 4 rings (SSSR count). The largest absolute Gasteiger partial charge is 0.479 e. The number of hydrogen-bond acceptors (Lipinski definition) is 5. The topological polar surface area (TPSA) is 116 Å². The number of fused-ring (bicyclic) bond motifs is 3. The maximum absolute atomic E-state index is 12.6. The molecule has 8 heteroatoms. The van der Waals surface area contributed by atoms with E-state index >= 15 is 0 Å². The first-order chi connectivity index (χ1) is 16.3. The van der Waals surface area contributed by atoms with Crippen molar-refractivity contribution in [2.75, 3.05) is 26.2 Å². The van der Waals surface area contributed by atoms with Crippen LogP contribution < -0.4 is 5.32 Å². The number of carbonyl (C=O) groups is 3. The number of hydrogen-bond donors (Lipinski definition) is 3. The van der Waals surface area contributed by atoms with Gasteiger partial charge in [0.1, 0.15) is 6.61 Å². The van der Waals surface area contributed by atoms with Crippen LogP contribution in [0.2, 0.25) is 0 Å². The first kappa shape index (κ1) is 23.8. The van der Waals surface area contributed by atoms with Crippen molar-refractivity contribution in [3.63, 3.8) is 0 Å². The minimum absolute atomic E-state index is 0.0119. The number of aliphatic carboxylic acids is 1. The fraction of sp³-hybridized carbons (Fsp3) is 0.423. The van der Waals surface area contributed by atoms with Crippen LogP contribution in [-0.4, -0.2) is 64.9 Å². The van der Waals surface area contributed by atoms with Crippen LogP contribution in [0.1, 0.15) is 43.2 Å². The summed E-state index contributed by atoms with van der Waals surface area (Å²) in [7, 11) is 0. The summed E-state index contributed by atoms with van der Waals surface area (Å²) < 4.78 is 5.51. The number of amides is 2. The van der Waals surface area contributed by atoms with Gasteiger partial charge in [0.2, 0.25) is 5.91 Å². The molecule has 8 nitrogen and oxygen atoms in total. The minimum atomic E-state index is -1.76. The van der Waals surface area contributed by atoms with Crippen LogP contribution in [0.25, 0.3) is 11.1 Å². The summed E-state index contributed by atoms with van der Waals surface area (Å²) in [4.78, 5) is 37.7. The summed E-state index contributed by atoms with van der Waals surface area (Å²) in [6.07, 6.45) is -0.0636. The molecule has 1 heterocycles. The van der Waals surface area contributed by atoms with E-state index in [-0.39, 0.29) is 56.8 Å². The second-order valence-corrected chi connectivity index (χ2v) is 9.10. The van der Waals surface area contributed by atoms with Crippen LogP contribution in [-0.2, 0) is 14.3 Å². The van der Waals surface area contributed by atoms with Crippen molar-refractivity contribution in [1.82, 2.24) is 10.2 Å². The second-order valence-electron chi connectivity index (χ2n) is 9.10. The Balaban J connectivity index is 1.22. The molecule has 0 radical (unpaired) electrons. The number of nitrogens with one attached hydrogen (secondary N) is 1. The molecule has 0 bridgehead atoms. The molecular formula is C26H30N2O6. The molecule has 1 aliphatic heterocycles. The number of carboxylic acid groups (broad SMARTS) is 1. The van der Waals surface area contributed by atoms with Crippen LogP contribution >= 0.6 is 0 Å². The third kappa shape index (κ3) is 4.77. The SMILES string of the molecule is CC(CCNC(=O)OCC1c2ccccc2-c2ccccc21)C(=O)N1CCC(O)(C(=O)O)CC1. The minimum Gasteiger partial charge on any atom is -0.479 e. The lowest BCUT2D eigenvalue weighted by Gasteiger charge is -2.36. The fourth-order valence-corrected chi connectivity index (χ4v) is 4.79. The van der Waals surface area contributed by atoms with Gasteiger partial charge in [-0.15, -0.1) is 0 Å². The number of carboxylic acids is 1. The number of piperidine rings is 1. The third-order valence-corrected chi connectivity index (χ3v) is 6.91. The van der Waals surface area contributed by atoms with Gasteiger partial charge in [0.15, 0.2) is 5.60 Å².